The standard InChI is InChI=1S/C22H21N3O3S/c1-3-12-24(15-8-10-16(11-9-15)28-4-2)22(27)18-14-17-20(29-18)23-19-7-5-6-13-25(19)21(17)26/h5-11,13-14H,3-4,12H2,1-2H3. The largest absolute Gasteiger partial charge is 0.494 e. The van der Waals surface area contributed by atoms with Gasteiger partial charge in [-0.05, 0) is 55.8 Å². The molecular formula is C22H21N3O3S. The van der Waals surface area contributed by atoms with Crippen molar-refractivity contribution >= 4 is 38.8 Å². The lowest BCUT2D eigenvalue weighted by atomic mass is 10.2. The molecule has 0 aliphatic carbocycles. The zero-order chi connectivity index (χ0) is 20.4. The fourth-order valence-electron chi connectivity index (χ4n) is 3.25. The van der Waals surface area contributed by atoms with Gasteiger partial charge in [-0.1, -0.05) is 13.0 Å². The van der Waals surface area contributed by atoms with Crippen LogP contribution in [0.1, 0.15) is 29.9 Å². The van der Waals surface area contributed by atoms with Crippen LogP contribution in [0.15, 0.2) is 59.5 Å². The molecule has 3 aromatic heterocycles. The number of fused-ring (bicyclic) bond motifs is 2. The van der Waals surface area contributed by atoms with Gasteiger partial charge < -0.3 is 9.64 Å². The lowest BCUT2D eigenvalue weighted by molar-refractivity contribution is 0.0991. The van der Waals surface area contributed by atoms with Crippen LogP contribution in [0.4, 0.5) is 5.69 Å². The van der Waals surface area contributed by atoms with Gasteiger partial charge in [0, 0.05) is 18.4 Å². The van der Waals surface area contributed by atoms with Crippen molar-refractivity contribution in [3.05, 3.63) is 70.0 Å². The maximum absolute atomic E-state index is 13.3. The molecule has 4 rings (SSSR count). The molecular weight excluding hydrogens is 386 g/mol. The van der Waals surface area contributed by atoms with Crippen LogP contribution in [0.2, 0.25) is 0 Å². The van der Waals surface area contributed by atoms with Gasteiger partial charge >= 0.3 is 0 Å². The Morgan fingerprint density at radius 1 is 1.17 bits per heavy atom. The van der Waals surface area contributed by atoms with Gasteiger partial charge in [0.15, 0.2) is 0 Å². The molecule has 1 aromatic carbocycles. The van der Waals surface area contributed by atoms with E-state index >= 15 is 0 Å². The summed E-state index contributed by atoms with van der Waals surface area (Å²) in [4.78, 5) is 33.4. The third-order valence-corrected chi connectivity index (χ3v) is 5.60. The summed E-state index contributed by atoms with van der Waals surface area (Å²) in [5.74, 6) is 0.637. The Labute approximate surface area is 172 Å². The van der Waals surface area contributed by atoms with E-state index in [2.05, 4.69) is 4.98 Å². The van der Waals surface area contributed by atoms with Crippen LogP contribution in [0.25, 0.3) is 15.9 Å². The Morgan fingerprint density at radius 3 is 2.69 bits per heavy atom. The zero-order valence-electron chi connectivity index (χ0n) is 16.3. The molecule has 7 heteroatoms. The van der Waals surface area contributed by atoms with E-state index in [4.69, 9.17) is 4.74 Å². The summed E-state index contributed by atoms with van der Waals surface area (Å²) in [7, 11) is 0. The van der Waals surface area contributed by atoms with Crippen LogP contribution >= 0.6 is 11.3 Å². The summed E-state index contributed by atoms with van der Waals surface area (Å²) < 4.78 is 6.99. The number of benzene rings is 1. The third-order valence-electron chi connectivity index (χ3n) is 4.58. The van der Waals surface area contributed by atoms with E-state index in [9.17, 15) is 9.59 Å². The average Bonchev–Trinajstić information content (AvgIpc) is 3.17. The van der Waals surface area contributed by atoms with Crippen LogP contribution in [-0.2, 0) is 0 Å². The number of carbonyl (C=O) groups excluding carboxylic acids is 1. The first kappa shape index (κ1) is 19.1. The summed E-state index contributed by atoms with van der Waals surface area (Å²) in [6, 6.07) is 14.6. The number of carbonyl (C=O) groups is 1. The molecule has 0 radical (unpaired) electrons. The number of rotatable bonds is 6. The molecule has 0 aliphatic rings. The van der Waals surface area contributed by atoms with Crippen molar-refractivity contribution in [1.82, 2.24) is 9.38 Å². The van der Waals surface area contributed by atoms with E-state index < -0.39 is 0 Å². The predicted octanol–water partition coefficient (Wildman–Crippen LogP) is 4.36. The second-order valence-electron chi connectivity index (χ2n) is 6.56. The second-order valence-corrected chi connectivity index (χ2v) is 7.59. The maximum Gasteiger partial charge on any atom is 0.268 e. The quantitative estimate of drug-likeness (QED) is 0.476. The van der Waals surface area contributed by atoms with Crippen molar-refractivity contribution in [1.29, 1.82) is 0 Å². The number of anilines is 1. The Kier molecular flexibility index (Phi) is 5.31. The maximum atomic E-state index is 13.3. The number of nitrogens with zero attached hydrogens (tertiary/aromatic N) is 3. The van der Waals surface area contributed by atoms with E-state index in [0.717, 1.165) is 17.9 Å². The summed E-state index contributed by atoms with van der Waals surface area (Å²) in [6.45, 7) is 5.13. The van der Waals surface area contributed by atoms with Crippen LogP contribution in [0.5, 0.6) is 5.75 Å². The summed E-state index contributed by atoms with van der Waals surface area (Å²) in [5, 5.41) is 0.463. The topological polar surface area (TPSA) is 63.9 Å². The van der Waals surface area contributed by atoms with Gasteiger partial charge in [-0.25, -0.2) is 4.98 Å². The molecule has 6 nitrogen and oxygen atoms in total. The van der Waals surface area contributed by atoms with Crippen LogP contribution in [-0.4, -0.2) is 28.4 Å². The highest BCUT2D eigenvalue weighted by Crippen LogP contribution is 2.27. The van der Waals surface area contributed by atoms with Gasteiger partial charge in [-0.2, -0.15) is 0 Å². The van der Waals surface area contributed by atoms with Gasteiger partial charge in [0.2, 0.25) is 0 Å². The van der Waals surface area contributed by atoms with Gasteiger partial charge in [0.25, 0.3) is 11.5 Å². The fourth-order valence-corrected chi connectivity index (χ4v) is 4.23. The molecule has 0 saturated carbocycles. The third kappa shape index (κ3) is 3.61. The van der Waals surface area contributed by atoms with Gasteiger partial charge in [0.1, 0.15) is 16.2 Å². The number of aromatic nitrogens is 2. The smallest absolute Gasteiger partial charge is 0.268 e. The molecule has 29 heavy (non-hydrogen) atoms. The molecule has 148 valence electrons. The number of ether oxygens (including phenoxy) is 1. The molecule has 1 amide bonds. The normalized spacial score (nSPS) is 11.1. The minimum Gasteiger partial charge on any atom is -0.494 e. The first-order valence-corrected chi connectivity index (χ1v) is 10.4. The molecule has 3 heterocycles. The Bertz CT molecular complexity index is 1230. The highest BCUT2D eigenvalue weighted by atomic mass is 32.1. The van der Waals surface area contributed by atoms with Crippen molar-refractivity contribution in [3.63, 3.8) is 0 Å². The summed E-state index contributed by atoms with van der Waals surface area (Å²) in [5.41, 5.74) is 1.21. The lowest BCUT2D eigenvalue weighted by Crippen LogP contribution is -2.31. The van der Waals surface area contributed by atoms with E-state index in [1.165, 1.54) is 15.7 Å². The zero-order valence-corrected chi connectivity index (χ0v) is 17.1. The number of pyridine rings is 1. The molecule has 4 aromatic rings. The summed E-state index contributed by atoms with van der Waals surface area (Å²) >= 11 is 1.25. The minimum absolute atomic E-state index is 0.132. The van der Waals surface area contributed by atoms with Crippen molar-refractivity contribution in [3.8, 4) is 5.75 Å². The summed E-state index contributed by atoms with van der Waals surface area (Å²) in [6.07, 6.45) is 2.50. The average molecular weight is 407 g/mol. The molecule has 0 spiro atoms. The molecule has 0 saturated heterocycles. The molecule has 0 unspecified atom stereocenters. The number of amides is 1. The van der Waals surface area contributed by atoms with Crippen LogP contribution in [0, 0.1) is 0 Å². The molecule has 0 fully saturated rings. The van der Waals surface area contributed by atoms with Crippen molar-refractivity contribution in [2.24, 2.45) is 0 Å². The van der Waals surface area contributed by atoms with E-state index in [0.29, 0.717) is 33.9 Å². The van der Waals surface area contributed by atoms with Gasteiger partial charge in [-0.3, -0.25) is 14.0 Å². The Morgan fingerprint density at radius 2 is 1.97 bits per heavy atom. The van der Waals surface area contributed by atoms with Crippen LogP contribution < -0.4 is 15.2 Å². The Balaban J connectivity index is 1.74. The first-order chi connectivity index (χ1) is 14.1. The SMILES string of the molecule is CCCN(C(=O)c1cc2c(=O)n3ccccc3nc2s1)c1ccc(OCC)cc1. The highest BCUT2D eigenvalue weighted by Gasteiger charge is 2.21. The fraction of sp³-hybridized carbons (Fsp3) is 0.227. The minimum atomic E-state index is -0.163. The van der Waals surface area contributed by atoms with E-state index in [1.807, 2.05) is 44.2 Å². The van der Waals surface area contributed by atoms with E-state index in [1.54, 1.807) is 29.3 Å². The van der Waals surface area contributed by atoms with Crippen molar-refractivity contribution < 1.29 is 9.53 Å². The molecule has 0 bridgehead atoms. The Hall–Kier alpha value is -3.19. The van der Waals surface area contributed by atoms with Crippen LogP contribution in [0.3, 0.4) is 0 Å². The van der Waals surface area contributed by atoms with Crippen molar-refractivity contribution in [2.75, 3.05) is 18.1 Å². The first-order valence-electron chi connectivity index (χ1n) is 9.58. The number of hydrogen-bond donors (Lipinski definition) is 0. The molecule has 0 atom stereocenters. The highest BCUT2D eigenvalue weighted by molar-refractivity contribution is 7.20. The van der Waals surface area contributed by atoms with Gasteiger partial charge in [0.05, 0.1) is 16.9 Å². The second kappa shape index (κ2) is 8.05. The monoisotopic (exact) mass is 407 g/mol. The molecule has 0 N–H and O–H groups in total. The lowest BCUT2D eigenvalue weighted by Gasteiger charge is -2.22. The van der Waals surface area contributed by atoms with E-state index in [-0.39, 0.29) is 11.5 Å². The predicted molar refractivity (Wildman–Crippen MR) is 116 cm³/mol. The molecule has 0 aliphatic heterocycles. The number of hydrogen-bond acceptors (Lipinski definition) is 5. The van der Waals surface area contributed by atoms with Crippen molar-refractivity contribution in [2.45, 2.75) is 20.3 Å². The number of thiophene rings is 1. The van der Waals surface area contributed by atoms with Gasteiger partial charge in [-0.15, -0.1) is 11.3 Å².